The molecular weight excluding hydrogens is 212 g/mol. The van der Waals surface area contributed by atoms with Gasteiger partial charge in [-0.3, -0.25) is 4.68 Å². The van der Waals surface area contributed by atoms with Crippen LogP contribution in [0.2, 0.25) is 0 Å². The highest BCUT2D eigenvalue weighted by atomic mass is 15.2. The first-order valence-electron chi connectivity index (χ1n) is 5.44. The summed E-state index contributed by atoms with van der Waals surface area (Å²) in [6, 6.07) is 9.72. The highest BCUT2D eigenvalue weighted by Crippen LogP contribution is 2.18. The van der Waals surface area contributed by atoms with Gasteiger partial charge in [-0.15, -0.1) is 0 Å². The van der Waals surface area contributed by atoms with Crippen LogP contribution in [0.1, 0.15) is 24.1 Å². The molecule has 0 bridgehead atoms. The van der Waals surface area contributed by atoms with Crippen molar-refractivity contribution in [1.82, 2.24) is 9.78 Å². The van der Waals surface area contributed by atoms with Crippen LogP contribution in [0.5, 0.6) is 0 Å². The van der Waals surface area contributed by atoms with Gasteiger partial charge < -0.3 is 5.32 Å². The van der Waals surface area contributed by atoms with E-state index in [2.05, 4.69) is 23.4 Å². The second kappa shape index (κ2) is 4.71. The van der Waals surface area contributed by atoms with Gasteiger partial charge in [0.2, 0.25) is 0 Å². The Morgan fingerprint density at radius 2 is 2.06 bits per heavy atom. The third-order valence-corrected chi connectivity index (χ3v) is 2.62. The molecule has 0 saturated heterocycles. The van der Waals surface area contributed by atoms with Crippen molar-refractivity contribution in [2.45, 2.75) is 13.0 Å². The van der Waals surface area contributed by atoms with Crippen LogP contribution in [0.15, 0.2) is 36.7 Å². The van der Waals surface area contributed by atoms with Crippen molar-refractivity contribution in [2.24, 2.45) is 7.05 Å². The number of nitrogens with zero attached hydrogens (tertiary/aromatic N) is 3. The van der Waals surface area contributed by atoms with E-state index in [-0.39, 0.29) is 6.04 Å². The molecule has 1 atom stereocenters. The molecule has 1 heterocycles. The van der Waals surface area contributed by atoms with Crippen LogP contribution in [-0.2, 0) is 7.05 Å². The Balaban J connectivity index is 2.08. The number of rotatable bonds is 3. The Bertz CT molecular complexity index is 533. The van der Waals surface area contributed by atoms with Crippen LogP contribution in [0, 0.1) is 11.3 Å². The van der Waals surface area contributed by atoms with Crippen LogP contribution in [0.25, 0.3) is 0 Å². The molecule has 1 aromatic heterocycles. The first-order valence-corrected chi connectivity index (χ1v) is 5.44. The standard InChI is InChI=1S/C13H14N4/c1-10(12-8-15-17(2)9-12)16-13-5-3-11(7-14)4-6-13/h3-6,8-10,16H,1-2H3. The fourth-order valence-electron chi connectivity index (χ4n) is 1.64. The zero-order chi connectivity index (χ0) is 12.3. The second-order valence-electron chi connectivity index (χ2n) is 4.00. The van der Waals surface area contributed by atoms with Crippen LogP contribution >= 0.6 is 0 Å². The van der Waals surface area contributed by atoms with Gasteiger partial charge in [0.15, 0.2) is 0 Å². The molecule has 17 heavy (non-hydrogen) atoms. The number of hydrogen-bond acceptors (Lipinski definition) is 3. The summed E-state index contributed by atoms with van der Waals surface area (Å²) in [5, 5.41) is 16.2. The Hall–Kier alpha value is -2.28. The Morgan fingerprint density at radius 1 is 1.35 bits per heavy atom. The number of hydrogen-bond donors (Lipinski definition) is 1. The van der Waals surface area contributed by atoms with E-state index in [1.54, 1.807) is 16.8 Å². The van der Waals surface area contributed by atoms with Gasteiger partial charge in [0.1, 0.15) is 0 Å². The fraction of sp³-hybridized carbons (Fsp3) is 0.231. The number of aromatic nitrogens is 2. The number of anilines is 1. The lowest BCUT2D eigenvalue weighted by Crippen LogP contribution is -2.05. The summed E-state index contributed by atoms with van der Waals surface area (Å²) >= 11 is 0. The first-order chi connectivity index (χ1) is 8.19. The lowest BCUT2D eigenvalue weighted by molar-refractivity contribution is 0.765. The molecule has 4 heteroatoms. The summed E-state index contributed by atoms with van der Waals surface area (Å²) in [6.07, 6.45) is 3.84. The summed E-state index contributed by atoms with van der Waals surface area (Å²) in [5.74, 6) is 0. The summed E-state index contributed by atoms with van der Waals surface area (Å²) in [6.45, 7) is 2.08. The quantitative estimate of drug-likeness (QED) is 0.874. The largest absolute Gasteiger partial charge is 0.378 e. The zero-order valence-corrected chi connectivity index (χ0v) is 9.88. The van der Waals surface area contributed by atoms with Crippen LogP contribution in [-0.4, -0.2) is 9.78 Å². The molecule has 1 N–H and O–H groups in total. The third-order valence-electron chi connectivity index (χ3n) is 2.62. The van der Waals surface area contributed by atoms with Gasteiger partial charge in [-0.25, -0.2) is 0 Å². The van der Waals surface area contributed by atoms with Crippen molar-refractivity contribution in [3.63, 3.8) is 0 Å². The number of benzene rings is 1. The average molecular weight is 226 g/mol. The molecule has 1 aromatic carbocycles. The fourth-order valence-corrected chi connectivity index (χ4v) is 1.64. The number of nitrogens with one attached hydrogen (secondary N) is 1. The zero-order valence-electron chi connectivity index (χ0n) is 9.88. The second-order valence-corrected chi connectivity index (χ2v) is 4.00. The predicted molar refractivity (Wildman–Crippen MR) is 66.4 cm³/mol. The Labute approximate surface area is 100 Å². The maximum Gasteiger partial charge on any atom is 0.0991 e. The molecule has 0 saturated carbocycles. The molecule has 0 aliphatic rings. The van der Waals surface area contributed by atoms with E-state index in [1.807, 2.05) is 31.6 Å². The van der Waals surface area contributed by atoms with Crippen molar-refractivity contribution in [1.29, 1.82) is 5.26 Å². The Morgan fingerprint density at radius 3 is 2.59 bits per heavy atom. The molecule has 0 spiro atoms. The normalized spacial score (nSPS) is 11.8. The Kier molecular flexibility index (Phi) is 3.10. The monoisotopic (exact) mass is 226 g/mol. The smallest absolute Gasteiger partial charge is 0.0991 e. The minimum atomic E-state index is 0.191. The molecular formula is C13H14N4. The lowest BCUT2D eigenvalue weighted by Gasteiger charge is -2.13. The maximum absolute atomic E-state index is 8.71. The molecule has 0 radical (unpaired) electrons. The van der Waals surface area contributed by atoms with E-state index in [4.69, 9.17) is 5.26 Å². The van der Waals surface area contributed by atoms with Crippen LogP contribution < -0.4 is 5.32 Å². The van der Waals surface area contributed by atoms with Gasteiger partial charge in [-0.05, 0) is 31.2 Å². The average Bonchev–Trinajstić information content (AvgIpc) is 2.77. The third kappa shape index (κ3) is 2.64. The van der Waals surface area contributed by atoms with Gasteiger partial charge in [-0.2, -0.15) is 10.4 Å². The summed E-state index contributed by atoms with van der Waals surface area (Å²) in [7, 11) is 1.90. The van der Waals surface area contributed by atoms with E-state index >= 15 is 0 Å². The van der Waals surface area contributed by atoms with Crippen molar-refractivity contribution < 1.29 is 0 Å². The molecule has 0 aliphatic carbocycles. The molecule has 0 fully saturated rings. The molecule has 4 nitrogen and oxygen atoms in total. The summed E-state index contributed by atoms with van der Waals surface area (Å²) in [4.78, 5) is 0. The van der Waals surface area contributed by atoms with E-state index in [0.717, 1.165) is 11.3 Å². The predicted octanol–water partition coefficient (Wildman–Crippen LogP) is 2.46. The molecule has 0 amide bonds. The SMILES string of the molecule is CC(Nc1ccc(C#N)cc1)c1cnn(C)c1. The van der Waals surface area contributed by atoms with Crippen molar-refractivity contribution in [3.8, 4) is 6.07 Å². The maximum atomic E-state index is 8.71. The van der Waals surface area contributed by atoms with E-state index < -0.39 is 0 Å². The van der Waals surface area contributed by atoms with E-state index in [1.165, 1.54) is 0 Å². The lowest BCUT2D eigenvalue weighted by atomic mass is 10.1. The first kappa shape index (κ1) is 11.2. The topological polar surface area (TPSA) is 53.6 Å². The summed E-state index contributed by atoms with van der Waals surface area (Å²) in [5.41, 5.74) is 2.81. The van der Waals surface area contributed by atoms with Gasteiger partial charge in [0.05, 0.1) is 23.9 Å². The molecule has 2 aromatic rings. The van der Waals surface area contributed by atoms with E-state index in [9.17, 15) is 0 Å². The summed E-state index contributed by atoms with van der Waals surface area (Å²) < 4.78 is 1.78. The number of nitriles is 1. The van der Waals surface area contributed by atoms with Crippen molar-refractivity contribution in [2.75, 3.05) is 5.32 Å². The van der Waals surface area contributed by atoms with E-state index in [0.29, 0.717) is 5.56 Å². The molecule has 1 unspecified atom stereocenters. The number of aryl methyl sites for hydroxylation is 1. The molecule has 0 aliphatic heterocycles. The minimum Gasteiger partial charge on any atom is -0.378 e. The van der Waals surface area contributed by atoms with Crippen LogP contribution in [0.4, 0.5) is 5.69 Å². The highest BCUT2D eigenvalue weighted by molar-refractivity contribution is 5.48. The minimum absolute atomic E-state index is 0.191. The van der Waals surface area contributed by atoms with Gasteiger partial charge in [-0.1, -0.05) is 0 Å². The molecule has 2 rings (SSSR count). The van der Waals surface area contributed by atoms with Crippen molar-refractivity contribution in [3.05, 3.63) is 47.8 Å². The van der Waals surface area contributed by atoms with Gasteiger partial charge in [0.25, 0.3) is 0 Å². The van der Waals surface area contributed by atoms with Gasteiger partial charge in [0, 0.05) is 24.5 Å². The highest BCUT2D eigenvalue weighted by Gasteiger charge is 2.06. The molecule has 86 valence electrons. The van der Waals surface area contributed by atoms with Crippen LogP contribution in [0.3, 0.4) is 0 Å². The van der Waals surface area contributed by atoms with Crippen molar-refractivity contribution >= 4 is 5.69 Å². The van der Waals surface area contributed by atoms with Gasteiger partial charge >= 0.3 is 0 Å².